The van der Waals surface area contributed by atoms with Gasteiger partial charge in [-0.1, -0.05) is 12.5 Å². The van der Waals surface area contributed by atoms with Crippen LogP contribution in [-0.4, -0.2) is 4.98 Å². The van der Waals surface area contributed by atoms with Crippen molar-refractivity contribution < 1.29 is 0 Å². The Kier molecular flexibility index (Phi) is 2.65. The summed E-state index contributed by atoms with van der Waals surface area (Å²) in [6.45, 7) is 0. The minimum absolute atomic E-state index is 0.131. The predicted octanol–water partition coefficient (Wildman–Crippen LogP) is 2.64. The number of rotatable bonds is 2. The molecule has 0 bridgehead atoms. The smallest absolute Gasteiger partial charge is 0.106 e. The molecule has 0 aliphatic heterocycles. The number of pyridine rings is 1. The van der Waals surface area contributed by atoms with Crippen molar-refractivity contribution in [2.75, 3.05) is 0 Å². The van der Waals surface area contributed by atoms with Crippen LogP contribution in [0, 0.1) is 5.92 Å². The van der Waals surface area contributed by atoms with Gasteiger partial charge < -0.3 is 5.73 Å². The minimum atomic E-state index is 0.131. The van der Waals surface area contributed by atoms with Gasteiger partial charge in [-0.3, -0.25) is 0 Å². The zero-order valence-corrected chi connectivity index (χ0v) is 9.00. The molecule has 1 saturated carbocycles. The molecule has 0 unspecified atom stereocenters. The Bertz CT molecular complexity index is 297. The maximum Gasteiger partial charge on any atom is 0.106 e. The molecule has 1 aromatic heterocycles. The molecule has 1 aliphatic carbocycles. The van der Waals surface area contributed by atoms with Crippen LogP contribution < -0.4 is 5.73 Å². The fourth-order valence-corrected chi connectivity index (χ4v) is 2.01. The largest absolute Gasteiger partial charge is 0.322 e. The SMILES string of the molecule is N[C@@H](c1cccc(Br)n1)C1CCC1. The fraction of sp³-hybridized carbons (Fsp3) is 0.500. The summed E-state index contributed by atoms with van der Waals surface area (Å²) in [5.74, 6) is 0.654. The summed E-state index contributed by atoms with van der Waals surface area (Å²) in [7, 11) is 0. The average Bonchev–Trinajstić information content (AvgIpc) is 2.01. The van der Waals surface area contributed by atoms with Crippen molar-refractivity contribution in [2.45, 2.75) is 25.3 Å². The number of hydrogen-bond acceptors (Lipinski definition) is 2. The average molecular weight is 241 g/mol. The number of nitrogens with two attached hydrogens (primary N) is 1. The number of hydrogen-bond donors (Lipinski definition) is 1. The quantitative estimate of drug-likeness (QED) is 0.808. The standard InChI is InChI=1S/C10H13BrN2/c11-9-6-2-5-8(13-9)10(12)7-3-1-4-7/h2,5-7,10H,1,3-4,12H2/t10-/m1/s1. The molecule has 0 amide bonds. The number of aromatic nitrogens is 1. The van der Waals surface area contributed by atoms with Crippen LogP contribution in [-0.2, 0) is 0 Å². The van der Waals surface area contributed by atoms with Crippen molar-refractivity contribution in [1.29, 1.82) is 0 Å². The molecular weight excluding hydrogens is 228 g/mol. The van der Waals surface area contributed by atoms with Crippen LogP contribution in [0.4, 0.5) is 0 Å². The third kappa shape index (κ3) is 1.92. The normalized spacial score (nSPS) is 19.5. The van der Waals surface area contributed by atoms with Gasteiger partial charge in [0.2, 0.25) is 0 Å². The van der Waals surface area contributed by atoms with Gasteiger partial charge in [0.1, 0.15) is 4.60 Å². The molecule has 1 atom stereocenters. The molecule has 2 N–H and O–H groups in total. The van der Waals surface area contributed by atoms with Crippen LogP contribution in [0.2, 0.25) is 0 Å². The molecule has 1 aromatic rings. The van der Waals surface area contributed by atoms with E-state index in [0.29, 0.717) is 5.92 Å². The Balaban J connectivity index is 2.14. The second-order valence-corrected chi connectivity index (χ2v) is 4.41. The molecule has 0 radical (unpaired) electrons. The number of halogens is 1. The monoisotopic (exact) mass is 240 g/mol. The molecule has 13 heavy (non-hydrogen) atoms. The van der Waals surface area contributed by atoms with Crippen LogP contribution >= 0.6 is 15.9 Å². The Morgan fingerprint density at radius 3 is 2.77 bits per heavy atom. The van der Waals surface area contributed by atoms with Gasteiger partial charge in [0.15, 0.2) is 0 Å². The first kappa shape index (κ1) is 9.16. The van der Waals surface area contributed by atoms with E-state index in [-0.39, 0.29) is 6.04 Å². The van der Waals surface area contributed by atoms with E-state index in [4.69, 9.17) is 5.73 Å². The first-order valence-corrected chi connectivity index (χ1v) is 5.45. The third-order valence-electron chi connectivity index (χ3n) is 2.74. The molecule has 0 saturated heterocycles. The molecule has 1 heterocycles. The first-order valence-electron chi connectivity index (χ1n) is 4.65. The highest BCUT2D eigenvalue weighted by Crippen LogP contribution is 2.35. The van der Waals surface area contributed by atoms with Crippen molar-refractivity contribution in [3.63, 3.8) is 0 Å². The van der Waals surface area contributed by atoms with Gasteiger partial charge >= 0.3 is 0 Å². The Labute approximate surface area is 86.7 Å². The predicted molar refractivity (Wildman–Crippen MR) is 56.2 cm³/mol. The van der Waals surface area contributed by atoms with Gasteiger partial charge in [-0.25, -0.2) is 4.98 Å². The molecule has 2 nitrogen and oxygen atoms in total. The van der Waals surface area contributed by atoms with Crippen molar-refractivity contribution in [1.82, 2.24) is 4.98 Å². The van der Waals surface area contributed by atoms with E-state index in [1.165, 1.54) is 19.3 Å². The third-order valence-corrected chi connectivity index (χ3v) is 3.18. The summed E-state index contributed by atoms with van der Waals surface area (Å²) in [5.41, 5.74) is 7.10. The van der Waals surface area contributed by atoms with E-state index >= 15 is 0 Å². The highest BCUT2D eigenvalue weighted by molar-refractivity contribution is 9.10. The lowest BCUT2D eigenvalue weighted by Gasteiger charge is -2.30. The lowest BCUT2D eigenvalue weighted by molar-refractivity contribution is 0.261. The molecule has 1 fully saturated rings. The van der Waals surface area contributed by atoms with E-state index < -0.39 is 0 Å². The van der Waals surface area contributed by atoms with Gasteiger partial charge in [0.25, 0.3) is 0 Å². The van der Waals surface area contributed by atoms with E-state index in [1.807, 2.05) is 18.2 Å². The molecule has 0 aromatic carbocycles. The van der Waals surface area contributed by atoms with Crippen molar-refractivity contribution >= 4 is 15.9 Å². The van der Waals surface area contributed by atoms with E-state index in [2.05, 4.69) is 20.9 Å². The zero-order valence-electron chi connectivity index (χ0n) is 7.41. The molecule has 70 valence electrons. The Hall–Kier alpha value is -0.410. The van der Waals surface area contributed by atoms with Crippen molar-refractivity contribution in [2.24, 2.45) is 11.7 Å². The summed E-state index contributed by atoms with van der Waals surface area (Å²) < 4.78 is 0.875. The Morgan fingerprint density at radius 2 is 2.23 bits per heavy atom. The highest BCUT2D eigenvalue weighted by atomic mass is 79.9. The van der Waals surface area contributed by atoms with Crippen LogP contribution in [0.3, 0.4) is 0 Å². The van der Waals surface area contributed by atoms with E-state index in [0.717, 1.165) is 10.3 Å². The molecule has 3 heteroatoms. The fourth-order valence-electron chi connectivity index (χ4n) is 1.65. The van der Waals surface area contributed by atoms with Crippen molar-refractivity contribution in [3.8, 4) is 0 Å². The maximum absolute atomic E-state index is 6.09. The number of nitrogens with zero attached hydrogens (tertiary/aromatic N) is 1. The molecule has 1 aliphatic rings. The lowest BCUT2D eigenvalue weighted by Crippen LogP contribution is -2.27. The lowest BCUT2D eigenvalue weighted by atomic mass is 9.79. The zero-order chi connectivity index (χ0) is 9.26. The summed E-state index contributed by atoms with van der Waals surface area (Å²) >= 11 is 3.35. The van der Waals surface area contributed by atoms with Crippen LogP contribution in [0.15, 0.2) is 22.8 Å². The van der Waals surface area contributed by atoms with Gasteiger partial charge in [0, 0.05) is 6.04 Å². The summed E-state index contributed by atoms with van der Waals surface area (Å²) in [6, 6.07) is 6.06. The second kappa shape index (κ2) is 3.76. The summed E-state index contributed by atoms with van der Waals surface area (Å²) in [4.78, 5) is 4.37. The topological polar surface area (TPSA) is 38.9 Å². The van der Waals surface area contributed by atoms with Gasteiger partial charge in [-0.2, -0.15) is 0 Å². The van der Waals surface area contributed by atoms with Crippen molar-refractivity contribution in [3.05, 3.63) is 28.5 Å². The summed E-state index contributed by atoms with van der Waals surface area (Å²) in [6.07, 6.45) is 3.84. The van der Waals surface area contributed by atoms with Gasteiger partial charge in [-0.15, -0.1) is 0 Å². The Morgan fingerprint density at radius 1 is 1.46 bits per heavy atom. The first-order chi connectivity index (χ1) is 6.27. The maximum atomic E-state index is 6.09. The van der Waals surface area contributed by atoms with Crippen LogP contribution in [0.1, 0.15) is 31.0 Å². The van der Waals surface area contributed by atoms with E-state index in [1.54, 1.807) is 0 Å². The summed E-state index contributed by atoms with van der Waals surface area (Å²) in [5, 5.41) is 0. The minimum Gasteiger partial charge on any atom is -0.322 e. The van der Waals surface area contributed by atoms with Gasteiger partial charge in [-0.05, 0) is 46.8 Å². The molecule has 0 spiro atoms. The highest BCUT2D eigenvalue weighted by Gasteiger charge is 2.26. The molecule has 2 rings (SSSR count). The van der Waals surface area contributed by atoms with Crippen LogP contribution in [0.25, 0.3) is 0 Å². The van der Waals surface area contributed by atoms with Gasteiger partial charge in [0.05, 0.1) is 5.69 Å². The van der Waals surface area contributed by atoms with Crippen LogP contribution in [0.5, 0.6) is 0 Å². The second-order valence-electron chi connectivity index (χ2n) is 3.60. The molecular formula is C10H13BrN2. The van der Waals surface area contributed by atoms with E-state index in [9.17, 15) is 0 Å².